The van der Waals surface area contributed by atoms with Crippen molar-refractivity contribution in [1.29, 1.82) is 0 Å². The predicted molar refractivity (Wildman–Crippen MR) is 358 cm³/mol. The number of hydrogen-bond donors (Lipinski definition) is 10. The summed E-state index contributed by atoms with van der Waals surface area (Å²) in [5.74, 6) is -4.52. The van der Waals surface area contributed by atoms with E-state index in [0.29, 0.717) is 75.5 Å². The molecule has 15 nitrogen and oxygen atoms in total. The number of carbonyl (C=O) groups is 3. The topological polar surface area (TPSA) is 256 Å². The van der Waals surface area contributed by atoms with E-state index in [9.17, 15) is 45.6 Å². The average Bonchev–Trinajstić information content (AvgIpc) is 1.59. The van der Waals surface area contributed by atoms with E-state index in [1.165, 1.54) is 39.0 Å². The summed E-state index contributed by atoms with van der Waals surface area (Å²) < 4.78 is 14.7. The van der Waals surface area contributed by atoms with Crippen LogP contribution in [0.4, 0.5) is 0 Å². The summed E-state index contributed by atoms with van der Waals surface area (Å²) in [4.78, 5) is 47.9. The molecule has 0 unspecified atom stereocenters. The van der Waals surface area contributed by atoms with Gasteiger partial charge in [0.25, 0.3) is 0 Å². The van der Waals surface area contributed by atoms with Gasteiger partial charge in [-0.15, -0.1) is 0 Å². The van der Waals surface area contributed by atoms with Crippen molar-refractivity contribution in [2.45, 2.75) is 201 Å². The van der Waals surface area contributed by atoms with Gasteiger partial charge >= 0.3 is 0 Å². The van der Waals surface area contributed by atoms with Crippen molar-refractivity contribution in [3.63, 3.8) is 0 Å². The predicted octanol–water partition coefficient (Wildman–Crippen LogP) is 11.0. The number of aliphatic hydroxyl groups is 7. The number of nitrogens with one attached hydrogen (secondary N) is 2. The van der Waals surface area contributed by atoms with Gasteiger partial charge in [-0.05, 0) is 250 Å². The van der Waals surface area contributed by atoms with E-state index < -0.39 is 86.4 Å². The van der Waals surface area contributed by atoms with Crippen molar-refractivity contribution in [2.75, 3.05) is 19.0 Å². The van der Waals surface area contributed by atoms with Crippen LogP contribution in [0.15, 0.2) is 113 Å². The van der Waals surface area contributed by atoms with Gasteiger partial charge in [-0.1, -0.05) is 88.5 Å². The van der Waals surface area contributed by atoms with E-state index in [2.05, 4.69) is 22.8 Å². The molecule has 3 aromatic rings. The van der Waals surface area contributed by atoms with E-state index >= 15 is 9.59 Å². The summed E-state index contributed by atoms with van der Waals surface area (Å²) in [6.45, 7) is -0.331. The first-order chi connectivity index (χ1) is 45.8. The molecular weight excluding hydrogens is 1240 g/mol. The smallest absolute Gasteiger partial charge is 0.240 e. The van der Waals surface area contributed by atoms with Gasteiger partial charge in [-0.3, -0.25) is 9.59 Å². The molecule has 0 radical (unpaired) electrons. The van der Waals surface area contributed by atoms with Crippen LogP contribution in [0.3, 0.4) is 0 Å². The number of fused-ring (bicyclic) bond motifs is 1. The van der Waals surface area contributed by atoms with Crippen molar-refractivity contribution in [1.82, 2.24) is 10.6 Å². The number of ether oxygens (including phenoxy) is 2. The van der Waals surface area contributed by atoms with Crippen LogP contribution in [0.2, 0.25) is 0 Å². The summed E-state index contributed by atoms with van der Waals surface area (Å²) in [6.07, 6.45) is 19.2. The molecule has 16 aliphatic rings. The van der Waals surface area contributed by atoms with Crippen LogP contribution in [0.25, 0.3) is 0 Å². The van der Waals surface area contributed by atoms with Crippen molar-refractivity contribution in [3.05, 3.63) is 141 Å². The monoisotopic (exact) mass is 1330 g/mol. The SMILES string of the molecule is O=C[C@H]1C[C@]2(CC[C@]3(CC[C@H](Cc4cccc(O)c4)C3)C2)C[C@]12C[C@@H]1C[C@@H]3C[C@@H]4[C@@H]5[C@@]1(C2)C1=C3CNC(=C1)NCSS[C@H]1CC[C@@]2(O)CCCC[C@@H]2CCC2=C(Cc3cccc(CO)c3)C=C(O)[C@]13C(=O)c1c(cccc1C(=O)[C@@H]23)O[C@]12CC[C@@H]4[C@](CO)(O1)[C@@H](O)[C@]5(O)[C@H]2O. The Kier molecular flexibility index (Phi) is 14.3. The summed E-state index contributed by atoms with van der Waals surface area (Å²) >= 11 is 0. The largest absolute Gasteiger partial charge is 0.511 e. The van der Waals surface area contributed by atoms with Gasteiger partial charge in [0.2, 0.25) is 5.79 Å². The van der Waals surface area contributed by atoms with Gasteiger partial charge in [-0.25, -0.2) is 0 Å². The minimum Gasteiger partial charge on any atom is -0.511 e. The van der Waals surface area contributed by atoms with Crippen molar-refractivity contribution < 1.29 is 64.7 Å². The molecular formula is C78H92N2O13S2. The van der Waals surface area contributed by atoms with Gasteiger partial charge in [0, 0.05) is 41.0 Å². The van der Waals surface area contributed by atoms with Crippen LogP contribution in [0, 0.1) is 80.3 Å². The molecule has 19 rings (SSSR count). The number of rotatable bonds is 7. The second-order valence-corrected chi connectivity index (χ2v) is 36.0. The standard InChI is InChI=1S/C78H92N2O13S2/c81-36-46-8-3-6-43(25-46)26-47-30-60(85)77-61-17-20-73(90)18-2-1-9-49(73)13-14-53(47)64(77)65(86)54-11-5-12-59(63(54)67(77)87)92-76-21-16-57-55-29-48-28-50-34-72(39-71(33-51(72)37-82)23-22-70(38-71)19-15-45(32-70)24-44-7-4-10-52(84)27-44)40-74(50,58-31-62(79-35-56(48)58)80-42-94-95-61)66(55)78(91,69(76)89)68(88)75(57,41-83)93-76/h3-8,10-12,25,27,30-31,37,45,48-51,55,57,61,64,66,68-69,79-81,83-85,88-91H,1-2,9,13-24,26,28-29,32-36,38-42H2/t45-,48-,49-,50+,51-,55+,57+,61+,64-,66-,68-,69+,70+,71+,72+,73+,74-,75+,76-,77+,78+/m1/s1. The molecule has 504 valence electrons. The second kappa shape index (κ2) is 21.8. The fourth-order valence-electron chi connectivity index (χ4n) is 26.0. The molecule has 10 fully saturated rings. The summed E-state index contributed by atoms with van der Waals surface area (Å²) in [6, 6.07) is 20.3. The fraction of sp³-hybridized carbons (Fsp3) is 0.628. The molecule has 21 atom stereocenters. The first-order valence-corrected chi connectivity index (χ1v) is 38.5. The molecule has 8 saturated carbocycles. The number of aromatic hydroxyl groups is 1. The van der Waals surface area contributed by atoms with Crippen LogP contribution in [0.1, 0.15) is 179 Å². The highest BCUT2D eigenvalue weighted by Gasteiger charge is 2.85. The molecule has 11 bridgehead atoms. The van der Waals surface area contributed by atoms with Gasteiger partial charge in [0.1, 0.15) is 46.3 Å². The highest BCUT2D eigenvalue weighted by atomic mass is 33.1. The Morgan fingerprint density at radius 2 is 1.58 bits per heavy atom. The Balaban J connectivity index is 0.779. The third-order valence-corrected chi connectivity index (χ3v) is 32.0. The molecule has 95 heavy (non-hydrogen) atoms. The van der Waals surface area contributed by atoms with Crippen LogP contribution in [-0.2, 0) is 29.0 Å². The van der Waals surface area contributed by atoms with Crippen LogP contribution in [-0.4, -0.2) is 118 Å². The lowest BCUT2D eigenvalue weighted by atomic mass is 9.42. The molecule has 10 N–H and O–H groups in total. The normalized spacial score (nSPS) is 45.7. The summed E-state index contributed by atoms with van der Waals surface area (Å²) in [5.41, 5.74) is -1.70. The molecule has 6 spiro atoms. The first-order valence-electron chi connectivity index (χ1n) is 36.1. The zero-order valence-electron chi connectivity index (χ0n) is 54.2. The lowest BCUT2D eigenvalue weighted by molar-refractivity contribution is -0.461. The zero-order chi connectivity index (χ0) is 65.0. The van der Waals surface area contributed by atoms with E-state index in [4.69, 9.17) is 9.47 Å². The van der Waals surface area contributed by atoms with Crippen molar-refractivity contribution >= 4 is 39.4 Å². The number of phenols is 1. The minimum absolute atomic E-state index is 0.0199. The van der Waals surface area contributed by atoms with Crippen LogP contribution >= 0.6 is 21.6 Å². The summed E-state index contributed by atoms with van der Waals surface area (Å²) in [7, 11) is 2.98. The minimum atomic E-state index is -2.39. The lowest BCUT2D eigenvalue weighted by Gasteiger charge is -2.72. The lowest BCUT2D eigenvalue weighted by Crippen LogP contribution is -2.88. The fourth-order valence-corrected chi connectivity index (χ4v) is 28.8. The number of phenolic OH excluding ortho intramolecular Hbond substituents is 1. The quantitative estimate of drug-likeness (QED) is 0.0779. The molecule has 0 aromatic heterocycles. The summed E-state index contributed by atoms with van der Waals surface area (Å²) in [5, 5.41) is 108. The third kappa shape index (κ3) is 8.60. The molecule has 17 heteroatoms. The van der Waals surface area contributed by atoms with Gasteiger partial charge < -0.3 is 65.8 Å². The number of hydrogen-bond acceptors (Lipinski definition) is 17. The number of Topliss-reactive ketones (excluding diaryl/α,β-unsaturated/α-hetero) is 2. The molecule has 2 saturated heterocycles. The third-order valence-electron chi connectivity index (χ3n) is 29.3. The van der Waals surface area contributed by atoms with Gasteiger partial charge in [0.05, 0.1) is 42.0 Å². The Labute approximate surface area is 563 Å². The van der Waals surface area contributed by atoms with E-state index in [-0.39, 0.29) is 88.3 Å². The molecule has 0 amide bonds. The van der Waals surface area contributed by atoms with E-state index in [0.717, 1.165) is 124 Å². The number of carbonyl (C=O) groups excluding carboxylic acids is 3. The van der Waals surface area contributed by atoms with Gasteiger partial charge in [-0.2, -0.15) is 0 Å². The molecule has 4 aliphatic heterocycles. The maximum Gasteiger partial charge on any atom is 0.240 e. The maximum absolute atomic E-state index is 17.1. The zero-order valence-corrected chi connectivity index (χ0v) is 55.9. The Morgan fingerprint density at radius 1 is 0.747 bits per heavy atom. The van der Waals surface area contributed by atoms with Crippen LogP contribution in [0.5, 0.6) is 11.5 Å². The first kappa shape index (κ1) is 62.3. The number of ketones is 2. The molecule has 3 aromatic carbocycles. The van der Waals surface area contributed by atoms with Crippen LogP contribution < -0.4 is 15.4 Å². The number of allylic oxidation sites excluding steroid dienone is 6. The Morgan fingerprint density at radius 3 is 2.42 bits per heavy atom. The van der Waals surface area contributed by atoms with Crippen molar-refractivity contribution in [2.24, 2.45) is 80.3 Å². The Bertz CT molecular complexity index is 3890. The maximum atomic E-state index is 17.1. The number of aliphatic hydroxyl groups excluding tert-OH is 5. The second-order valence-electron chi connectivity index (χ2n) is 33.4. The Hall–Kier alpha value is -4.95. The molecule has 12 aliphatic carbocycles. The highest BCUT2D eigenvalue weighted by molar-refractivity contribution is 8.76. The van der Waals surface area contributed by atoms with E-state index in [1.54, 1.807) is 30.3 Å². The van der Waals surface area contributed by atoms with Gasteiger partial charge in [0.15, 0.2) is 17.7 Å². The number of benzene rings is 3. The average molecular weight is 1330 g/mol. The van der Waals surface area contributed by atoms with Crippen molar-refractivity contribution in [3.8, 4) is 11.5 Å². The number of aldehydes is 1. The highest BCUT2D eigenvalue weighted by Crippen LogP contribution is 2.81. The van der Waals surface area contributed by atoms with E-state index in [1.807, 2.05) is 36.4 Å². The molecule has 4 heterocycles. The number of dihydropyridines is 1.